The highest BCUT2D eigenvalue weighted by molar-refractivity contribution is 7.20. The van der Waals surface area contributed by atoms with E-state index in [9.17, 15) is 9.59 Å². The van der Waals surface area contributed by atoms with Crippen LogP contribution in [0.4, 0.5) is 0 Å². The smallest absolute Gasteiger partial charge is 0.264 e. The van der Waals surface area contributed by atoms with Crippen LogP contribution in [0.25, 0.3) is 21.1 Å². The molecule has 1 amide bonds. The van der Waals surface area contributed by atoms with E-state index in [-0.39, 0.29) is 18.0 Å². The van der Waals surface area contributed by atoms with Crippen LogP contribution in [-0.4, -0.2) is 37.1 Å². The predicted molar refractivity (Wildman–Crippen MR) is 116 cm³/mol. The molecule has 7 nitrogen and oxygen atoms in total. The van der Waals surface area contributed by atoms with Gasteiger partial charge in [0.25, 0.3) is 11.5 Å². The van der Waals surface area contributed by atoms with Gasteiger partial charge in [-0.05, 0) is 37.6 Å². The highest BCUT2D eigenvalue weighted by atomic mass is 35.5. The molecule has 0 aliphatic heterocycles. The third-order valence-electron chi connectivity index (χ3n) is 4.75. The van der Waals surface area contributed by atoms with Crippen molar-refractivity contribution in [1.82, 2.24) is 24.6 Å². The Kier molecular flexibility index (Phi) is 5.14. The number of hydrogen-bond donors (Lipinski definition) is 1. The molecule has 150 valence electrons. The summed E-state index contributed by atoms with van der Waals surface area (Å²) >= 11 is 7.46. The van der Waals surface area contributed by atoms with Gasteiger partial charge in [-0.2, -0.15) is 5.10 Å². The Hall–Kier alpha value is -2.71. The van der Waals surface area contributed by atoms with Crippen LogP contribution in [0.1, 0.15) is 34.5 Å². The average Bonchev–Trinajstić information content (AvgIpc) is 3.22. The van der Waals surface area contributed by atoms with Crippen molar-refractivity contribution >= 4 is 50.0 Å². The molecule has 0 saturated carbocycles. The van der Waals surface area contributed by atoms with Crippen molar-refractivity contribution < 1.29 is 4.79 Å². The lowest BCUT2D eigenvalue weighted by molar-refractivity contribution is 0.0744. The van der Waals surface area contributed by atoms with Crippen molar-refractivity contribution in [2.75, 3.05) is 6.54 Å². The molecule has 0 aliphatic carbocycles. The number of hydrogen-bond acceptors (Lipinski definition) is 5. The fourth-order valence-corrected chi connectivity index (χ4v) is 4.66. The van der Waals surface area contributed by atoms with Crippen LogP contribution >= 0.6 is 22.9 Å². The fourth-order valence-electron chi connectivity index (χ4n) is 3.41. The van der Waals surface area contributed by atoms with Crippen LogP contribution in [0.5, 0.6) is 0 Å². The minimum absolute atomic E-state index is 0.0821. The first-order valence-corrected chi connectivity index (χ1v) is 10.5. The quantitative estimate of drug-likeness (QED) is 0.521. The van der Waals surface area contributed by atoms with E-state index < -0.39 is 0 Å². The van der Waals surface area contributed by atoms with Gasteiger partial charge in [-0.25, -0.2) is 4.98 Å². The lowest BCUT2D eigenvalue weighted by Crippen LogP contribution is -2.32. The van der Waals surface area contributed by atoms with Gasteiger partial charge in [-0.1, -0.05) is 18.5 Å². The lowest BCUT2D eigenvalue weighted by Gasteiger charge is -2.21. The molecule has 1 N–H and O–H groups in total. The monoisotopic (exact) mass is 429 g/mol. The molecule has 0 unspecified atom stereocenters. The normalized spacial score (nSPS) is 11.4. The number of benzene rings is 1. The van der Waals surface area contributed by atoms with Gasteiger partial charge >= 0.3 is 0 Å². The molecule has 4 rings (SSSR count). The highest BCUT2D eigenvalue weighted by Crippen LogP contribution is 2.29. The minimum Gasteiger partial charge on any atom is -0.330 e. The van der Waals surface area contributed by atoms with E-state index >= 15 is 0 Å². The van der Waals surface area contributed by atoms with Crippen molar-refractivity contribution in [2.24, 2.45) is 7.05 Å². The maximum atomic E-state index is 13.2. The van der Waals surface area contributed by atoms with E-state index in [1.165, 1.54) is 11.3 Å². The zero-order valence-electron chi connectivity index (χ0n) is 16.3. The molecule has 0 aliphatic rings. The molecule has 0 spiro atoms. The van der Waals surface area contributed by atoms with Crippen LogP contribution in [0.2, 0.25) is 5.02 Å². The summed E-state index contributed by atoms with van der Waals surface area (Å²) in [5.74, 6) is 0.354. The minimum atomic E-state index is -0.242. The second-order valence-corrected chi connectivity index (χ2v) is 8.41. The molecule has 0 radical (unpaired) electrons. The summed E-state index contributed by atoms with van der Waals surface area (Å²) in [4.78, 5) is 36.2. The summed E-state index contributed by atoms with van der Waals surface area (Å²) < 4.78 is 1.79. The molecule has 0 atom stereocenters. The van der Waals surface area contributed by atoms with Crippen molar-refractivity contribution in [3.8, 4) is 0 Å². The Labute approximate surface area is 175 Å². The van der Waals surface area contributed by atoms with E-state index in [4.69, 9.17) is 11.6 Å². The maximum Gasteiger partial charge on any atom is 0.264 e. The van der Waals surface area contributed by atoms with Crippen LogP contribution < -0.4 is 5.56 Å². The fraction of sp³-hybridized carbons (Fsp3) is 0.300. The molecule has 0 saturated heterocycles. The average molecular weight is 430 g/mol. The predicted octanol–water partition coefficient (Wildman–Crippen LogP) is 3.89. The number of H-pyrrole nitrogens is 1. The number of nitrogens with zero attached hydrogens (tertiary/aromatic N) is 4. The lowest BCUT2D eigenvalue weighted by atomic mass is 10.2. The number of carbonyl (C=O) groups excluding carboxylic acids is 1. The number of fused-ring (bicyclic) bond motifs is 2. The summed E-state index contributed by atoms with van der Waals surface area (Å²) in [6.45, 7) is 4.72. The van der Waals surface area contributed by atoms with E-state index in [1.807, 2.05) is 27.0 Å². The van der Waals surface area contributed by atoms with Crippen LogP contribution in [0.3, 0.4) is 0 Å². The summed E-state index contributed by atoms with van der Waals surface area (Å²) in [5.41, 5.74) is 1.18. The number of aryl methyl sites for hydroxylation is 2. The summed E-state index contributed by atoms with van der Waals surface area (Å²) in [6, 6.07) is 6.86. The first kappa shape index (κ1) is 19.6. The number of aromatic nitrogens is 4. The van der Waals surface area contributed by atoms with Gasteiger partial charge in [0.2, 0.25) is 0 Å². The molecule has 0 bridgehead atoms. The molecular formula is C20H20ClN5O2S. The number of thiophene rings is 1. The van der Waals surface area contributed by atoms with Gasteiger partial charge in [0.05, 0.1) is 28.0 Å². The Morgan fingerprint density at radius 2 is 2.10 bits per heavy atom. The molecule has 29 heavy (non-hydrogen) atoms. The number of aromatic amines is 1. The third kappa shape index (κ3) is 3.65. The van der Waals surface area contributed by atoms with Gasteiger partial charge in [-0.3, -0.25) is 14.3 Å². The van der Waals surface area contributed by atoms with Crippen LogP contribution in [-0.2, 0) is 13.6 Å². The van der Waals surface area contributed by atoms with Crippen molar-refractivity contribution in [1.29, 1.82) is 0 Å². The van der Waals surface area contributed by atoms with E-state index in [1.54, 1.807) is 27.8 Å². The van der Waals surface area contributed by atoms with Crippen molar-refractivity contribution in [3.63, 3.8) is 0 Å². The van der Waals surface area contributed by atoms with Crippen molar-refractivity contribution in [3.05, 3.63) is 56.0 Å². The van der Waals surface area contributed by atoms with E-state index in [0.717, 1.165) is 22.3 Å². The van der Waals surface area contributed by atoms with Gasteiger partial charge < -0.3 is 9.88 Å². The van der Waals surface area contributed by atoms with Crippen LogP contribution in [0.15, 0.2) is 29.1 Å². The van der Waals surface area contributed by atoms with Crippen molar-refractivity contribution in [2.45, 2.75) is 26.8 Å². The molecule has 0 fully saturated rings. The largest absolute Gasteiger partial charge is 0.330 e. The first-order valence-electron chi connectivity index (χ1n) is 9.28. The summed E-state index contributed by atoms with van der Waals surface area (Å²) in [6.07, 6.45) is 0.793. The Balaban J connectivity index is 1.68. The number of nitrogens with one attached hydrogen (secondary N) is 1. The molecule has 3 heterocycles. The number of amides is 1. The Morgan fingerprint density at radius 3 is 2.83 bits per heavy atom. The zero-order valence-corrected chi connectivity index (χ0v) is 17.9. The van der Waals surface area contributed by atoms with Gasteiger partial charge in [0.15, 0.2) is 0 Å². The second-order valence-electron chi connectivity index (χ2n) is 6.94. The molecule has 9 heteroatoms. The van der Waals surface area contributed by atoms with Gasteiger partial charge in [0.1, 0.15) is 10.7 Å². The topological polar surface area (TPSA) is 83.9 Å². The Bertz CT molecular complexity index is 1250. The molecule has 1 aromatic carbocycles. The van der Waals surface area contributed by atoms with Crippen LogP contribution in [0, 0.1) is 6.92 Å². The summed E-state index contributed by atoms with van der Waals surface area (Å²) in [7, 11) is 1.87. The molecular weight excluding hydrogens is 410 g/mol. The standard InChI is InChI=1S/C20H20ClN5O2S/c1-4-7-26(19(28)16-9-14-11(2)24-25(3)20(14)29-16)10-17-22-15-8-12(21)5-6-13(15)18(27)23-17/h5-6,8-9H,4,7,10H2,1-3H3,(H,22,23,27). The maximum absolute atomic E-state index is 13.2. The molecule has 3 aromatic heterocycles. The van der Waals surface area contributed by atoms with Gasteiger partial charge in [-0.15, -0.1) is 11.3 Å². The highest BCUT2D eigenvalue weighted by Gasteiger charge is 2.21. The van der Waals surface area contributed by atoms with Gasteiger partial charge in [0, 0.05) is 24.0 Å². The zero-order chi connectivity index (χ0) is 20.7. The molecule has 4 aromatic rings. The van der Waals surface area contributed by atoms with E-state index in [0.29, 0.717) is 33.2 Å². The summed E-state index contributed by atoms with van der Waals surface area (Å²) in [5, 5.41) is 6.36. The first-order chi connectivity index (χ1) is 13.9. The number of carbonyl (C=O) groups is 1. The van der Waals surface area contributed by atoms with E-state index in [2.05, 4.69) is 15.1 Å². The number of rotatable bonds is 5. The third-order valence-corrected chi connectivity index (χ3v) is 6.17. The SMILES string of the molecule is CCCN(Cc1nc2cc(Cl)ccc2c(=O)[nH]1)C(=O)c1cc2c(C)nn(C)c2s1. The Morgan fingerprint density at radius 1 is 1.31 bits per heavy atom. The second kappa shape index (κ2) is 7.61. The number of halogens is 1.